The minimum Gasteiger partial charge on any atom is -0.481 e. The van der Waals surface area contributed by atoms with E-state index >= 15 is 0 Å². The molecule has 1 amide bonds. The van der Waals surface area contributed by atoms with Crippen LogP contribution in [0.2, 0.25) is 0 Å². The van der Waals surface area contributed by atoms with Crippen molar-refractivity contribution in [1.29, 1.82) is 0 Å². The van der Waals surface area contributed by atoms with Crippen LogP contribution in [0.3, 0.4) is 0 Å². The Morgan fingerprint density at radius 2 is 1.70 bits per heavy atom. The highest BCUT2D eigenvalue weighted by Crippen LogP contribution is 2.30. The number of aliphatic carboxylic acids is 1. The molecule has 0 bridgehead atoms. The highest BCUT2D eigenvalue weighted by molar-refractivity contribution is 5.82. The number of piperazine rings is 1. The fraction of sp³-hybridized carbons (Fsp3) is 0.818. The van der Waals surface area contributed by atoms with Crippen LogP contribution in [-0.4, -0.2) is 77.9 Å². The van der Waals surface area contributed by atoms with Crippen molar-refractivity contribution < 1.29 is 32.6 Å². The summed E-state index contributed by atoms with van der Waals surface area (Å²) in [6.45, 7) is 0.843. The van der Waals surface area contributed by atoms with Gasteiger partial charge >= 0.3 is 18.1 Å². The van der Waals surface area contributed by atoms with Crippen molar-refractivity contribution in [2.45, 2.75) is 18.1 Å². The topological polar surface area (TPSA) is 70.1 Å². The second-order valence-electron chi connectivity index (χ2n) is 5.06. The summed E-state index contributed by atoms with van der Waals surface area (Å²) in [5.74, 6) is -2.81. The van der Waals surface area contributed by atoms with Crippen molar-refractivity contribution >= 4 is 11.9 Å². The van der Waals surface area contributed by atoms with Crippen LogP contribution in [0, 0.1) is 0 Å². The van der Waals surface area contributed by atoms with Crippen molar-refractivity contribution in [3.05, 3.63) is 0 Å². The zero-order valence-electron chi connectivity index (χ0n) is 10.7. The molecule has 0 aromatic heterocycles. The van der Waals surface area contributed by atoms with Crippen molar-refractivity contribution in [1.82, 2.24) is 9.80 Å². The third-order valence-corrected chi connectivity index (χ3v) is 3.70. The van der Waals surface area contributed by atoms with Gasteiger partial charge in [-0.1, -0.05) is 0 Å². The Hall–Kier alpha value is -1.35. The molecule has 2 fully saturated rings. The molecule has 0 unspecified atom stereocenters. The SMILES string of the molecule is O=C(O)CC1(N2CCN(C(=O)C(F)(F)F)CC2)COC1. The summed E-state index contributed by atoms with van der Waals surface area (Å²) < 4.78 is 42.0. The fourth-order valence-electron chi connectivity index (χ4n) is 2.58. The van der Waals surface area contributed by atoms with Crippen LogP contribution < -0.4 is 0 Å². The van der Waals surface area contributed by atoms with E-state index in [-0.39, 0.29) is 45.8 Å². The summed E-state index contributed by atoms with van der Waals surface area (Å²) >= 11 is 0. The van der Waals surface area contributed by atoms with Gasteiger partial charge in [0.1, 0.15) is 0 Å². The second kappa shape index (κ2) is 5.21. The number of carboxylic acids is 1. The number of alkyl halides is 3. The quantitative estimate of drug-likeness (QED) is 0.790. The molecule has 9 heteroatoms. The average molecular weight is 296 g/mol. The van der Waals surface area contributed by atoms with Gasteiger partial charge in [0.2, 0.25) is 0 Å². The van der Waals surface area contributed by atoms with E-state index in [4.69, 9.17) is 9.84 Å². The van der Waals surface area contributed by atoms with E-state index in [1.165, 1.54) is 0 Å². The predicted octanol–water partition coefficient (Wildman–Crippen LogP) is -0.0634. The summed E-state index contributed by atoms with van der Waals surface area (Å²) in [5.41, 5.74) is -0.640. The normalized spacial score (nSPS) is 23.2. The van der Waals surface area contributed by atoms with Crippen molar-refractivity contribution in [3.8, 4) is 0 Å². The van der Waals surface area contributed by atoms with Gasteiger partial charge in [-0.3, -0.25) is 14.5 Å². The average Bonchev–Trinajstić information content (AvgIpc) is 2.32. The Labute approximate surface area is 113 Å². The molecule has 2 heterocycles. The number of nitrogens with zero attached hydrogens (tertiary/aromatic N) is 2. The molecule has 20 heavy (non-hydrogen) atoms. The number of amides is 1. The van der Waals surface area contributed by atoms with Crippen LogP contribution in [0.1, 0.15) is 6.42 Å². The van der Waals surface area contributed by atoms with E-state index < -0.39 is 23.6 Å². The molecule has 0 aliphatic carbocycles. The number of ether oxygens (including phenoxy) is 1. The van der Waals surface area contributed by atoms with Crippen LogP contribution in [-0.2, 0) is 14.3 Å². The van der Waals surface area contributed by atoms with Crippen LogP contribution >= 0.6 is 0 Å². The minimum atomic E-state index is -4.86. The maximum absolute atomic E-state index is 12.3. The van der Waals surface area contributed by atoms with Gasteiger partial charge in [0, 0.05) is 26.2 Å². The van der Waals surface area contributed by atoms with Crippen LogP contribution in [0.15, 0.2) is 0 Å². The van der Waals surface area contributed by atoms with Crippen LogP contribution in [0.5, 0.6) is 0 Å². The van der Waals surface area contributed by atoms with Gasteiger partial charge in [-0.05, 0) is 0 Å². The van der Waals surface area contributed by atoms with Gasteiger partial charge in [0.25, 0.3) is 0 Å². The minimum absolute atomic E-state index is 0.0558. The predicted molar refractivity (Wildman–Crippen MR) is 60.0 cm³/mol. The van der Waals surface area contributed by atoms with Crippen molar-refractivity contribution in [2.24, 2.45) is 0 Å². The molecule has 2 saturated heterocycles. The highest BCUT2D eigenvalue weighted by atomic mass is 19.4. The van der Waals surface area contributed by atoms with Gasteiger partial charge in [0.05, 0.1) is 25.2 Å². The maximum atomic E-state index is 12.3. The molecule has 2 aliphatic heterocycles. The molecule has 0 aromatic rings. The lowest BCUT2D eigenvalue weighted by Crippen LogP contribution is -2.67. The van der Waals surface area contributed by atoms with E-state index in [9.17, 15) is 22.8 Å². The first kappa shape index (κ1) is 15.0. The molecular weight excluding hydrogens is 281 g/mol. The van der Waals surface area contributed by atoms with Gasteiger partial charge < -0.3 is 14.7 Å². The van der Waals surface area contributed by atoms with E-state index in [1.54, 1.807) is 0 Å². The Kier molecular flexibility index (Phi) is 3.92. The Bertz CT molecular complexity index is 401. The zero-order valence-corrected chi connectivity index (χ0v) is 10.7. The number of carbonyl (C=O) groups is 2. The first-order chi connectivity index (χ1) is 9.24. The summed E-state index contributed by atoms with van der Waals surface area (Å²) in [6.07, 6.45) is -4.97. The van der Waals surface area contributed by atoms with Gasteiger partial charge in [0.15, 0.2) is 0 Å². The first-order valence-corrected chi connectivity index (χ1v) is 6.15. The number of hydrogen-bond acceptors (Lipinski definition) is 4. The molecule has 2 aliphatic rings. The van der Waals surface area contributed by atoms with Crippen molar-refractivity contribution in [3.63, 3.8) is 0 Å². The number of halogens is 3. The van der Waals surface area contributed by atoms with E-state index in [0.29, 0.717) is 0 Å². The van der Waals surface area contributed by atoms with Gasteiger partial charge in [-0.25, -0.2) is 0 Å². The second-order valence-corrected chi connectivity index (χ2v) is 5.06. The fourth-order valence-corrected chi connectivity index (χ4v) is 2.58. The van der Waals surface area contributed by atoms with Crippen LogP contribution in [0.25, 0.3) is 0 Å². The summed E-state index contributed by atoms with van der Waals surface area (Å²) in [6, 6.07) is 0. The standard InChI is InChI=1S/C11H15F3N2O4/c12-11(13,14)9(19)15-1-3-16(4-2-15)10(5-8(17)18)6-20-7-10/h1-7H2,(H,17,18). The van der Waals surface area contributed by atoms with Gasteiger partial charge in [-0.15, -0.1) is 0 Å². The van der Waals surface area contributed by atoms with Crippen LogP contribution in [0.4, 0.5) is 13.2 Å². The van der Waals surface area contributed by atoms with Gasteiger partial charge in [-0.2, -0.15) is 13.2 Å². The summed E-state index contributed by atoms with van der Waals surface area (Å²) in [4.78, 5) is 24.5. The smallest absolute Gasteiger partial charge is 0.471 e. The molecule has 0 saturated carbocycles. The highest BCUT2D eigenvalue weighted by Gasteiger charge is 2.49. The molecule has 0 radical (unpaired) electrons. The van der Waals surface area contributed by atoms with Crippen molar-refractivity contribution in [2.75, 3.05) is 39.4 Å². The molecule has 0 aromatic carbocycles. The lowest BCUT2D eigenvalue weighted by Gasteiger charge is -2.51. The molecule has 1 N–H and O–H groups in total. The molecular formula is C11H15F3N2O4. The third-order valence-electron chi connectivity index (χ3n) is 3.70. The molecule has 114 valence electrons. The Morgan fingerprint density at radius 3 is 2.05 bits per heavy atom. The lowest BCUT2D eigenvalue weighted by molar-refractivity contribution is -0.193. The molecule has 0 atom stereocenters. The number of rotatable bonds is 3. The number of carbonyl (C=O) groups excluding carboxylic acids is 1. The summed E-state index contributed by atoms with van der Waals surface area (Å²) in [7, 11) is 0. The number of hydrogen-bond donors (Lipinski definition) is 1. The van der Waals surface area contributed by atoms with E-state index in [2.05, 4.69) is 0 Å². The lowest BCUT2D eigenvalue weighted by atomic mass is 9.90. The zero-order chi connectivity index (χ0) is 15.0. The number of carboxylic acid groups (broad SMARTS) is 1. The Morgan fingerprint density at radius 1 is 1.15 bits per heavy atom. The largest absolute Gasteiger partial charge is 0.481 e. The molecule has 6 nitrogen and oxygen atoms in total. The van der Waals surface area contributed by atoms with E-state index in [1.807, 2.05) is 4.90 Å². The first-order valence-electron chi connectivity index (χ1n) is 6.15. The monoisotopic (exact) mass is 296 g/mol. The maximum Gasteiger partial charge on any atom is 0.471 e. The summed E-state index contributed by atoms with van der Waals surface area (Å²) in [5, 5.41) is 8.90. The van der Waals surface area contributed by atoms with E-state index in [0.717, 1.165) is 4.90 Å². The third kappa shape index (κ3) is 2.88. The molecule has 2 rings (SSSR count). The molecule has 0 spiro atoms. The Balaban J connectivity index is 1.94.